The summed E-state index contributed by atoms with van der Waals surface area (Å²) in [5, 5.41) is -0.0782. The highest BCUT2D eigenvalue weighted by Gasteiger charge is 2.33. The maximum absolute atomic E-state index is 13.6. The Balaban J connectivity index is 2.29. The van der Waals surface area contributed by atoms with Crippen LogP contribution >= 0.6 is 0 Å². The van der Waals surface area contributed by atoms with Gasteiger partial charge in [-0.05, 0) is 37.5 Å². The number of halogens is 3. The van der Waals surface area contributed by atoms with Gasteiger partial charge in [0.15, 0.2) is 18.1 Å². The van der Waals surface area contributed by atoms with Crippen LogP contribution in [-0.4, -0.2) is 34.5 Å². The topological polar surface area (TPSA) is 62.5 Å². The van der Waals surface area contributed by atoms with E-state index >= 15 is 0 Å². The van der Waals surface area contributed by atoms with Gasteiger partial charge < -0.3 is 18.6 Å². The second kappa shape index (κ2) is 9.10. The van der Waals surface area contributed by atoms with E-state index in [9.17, 15) is 22.8 Å². The number of ether oxygens (including phenoxy) is 2. The number of benzene rings is 1. The maximum atomic E-state index is 13.6. The Kier molecular flexibility index (Phi) is 6.66. The summed E-state index contributed by atoms with van der Waals surface area (Å²) in [6.07, 6.45) is -4.13. The molecule has 2 aromatic heterocycles. The van der Waals surface area contributed by atoms with Crippen molar-refractivity contribution in [2.24, 2.45) is 7.05 Å². The van der Waals surface area contributed by atoms with Crippen LogP contribution in [0.15, 0.2) is 35.1 Å². The predicted molar refractivity (Wildman–Crippen MR) is 114 cm³/mol. The summed E-state index contributed by atoms with van der Waals surface area (Å²) in [5.74, 6) is -1.27. The molecule has 0 unspecified atom stereocenters. The van der Waals surface area contributed by atoms with Crippen LogP contribution < -0.4 is 10.3 Å². The van der Waals surface area contributed by atoms with E-state index < -0.39 is 30.1 Å². The zero-order chi connectivity index (χ0) is 23.6. The number of alkyl halides is 3. The number of aromatic nitrogens is 2. The van der Waals surface area contributed by atoms with E-state index in [1.54, 1.807) is 13.0 Å². The molecule has 0 radical (unpaired) electrons. The Hall–Kier alpha value is -3.23. The Morgan fingerprint density at radius 2 is 1.84 bits per heavy atom. The molecule has 0 spiro atoms. The molecular weight excluding hydrogens is 425 g/mol. The van der Waals surface area contributed by atoms with Gasteiger partial charge in [-0.2, -0.15) is 13.2 Å². The zero-order valence-electron chi connectivity index (χ0n) is 18.4. The lowest BCUT2D eigenvalue weighted by atomic mass is 10.1. The average molecular weight is 450 g/mol. The number of carbonyl (C=O) groups is 1. The van der Waals surface area contributed by atoms with Gasteiger partial charge >= 0.3 is 12.1 Å². The summed E-state index contributed by atoms with van der Waals surface area (Å²) in [6, 6.07) is 9.26. The standard InChI is InChI=1S/C23H25F3N2O4/c1-5-16-11-17-18(21(29)28(16)12-15-10-8-7-9-14(15)3)20(32-13-23(24,25)26)19(27(17)4)22(30)31-6-2/h7-11H,5-6,12-13H2,1-4H3. The van der Waals surface area contributed by atoms with Crippen LogP contribution in [-0.2, 0) is 24.8 Å². The molecule has 0 amide bonds. The molecule has 3 rings (SSSR count). The third kappa shape index (κ3) is 4.51. The third-order valence-electron chi connectivity index (χ3n) is 5.30. The van der Waals surface area contributed by atoms with Crippen molar-refractivity contribution in [1.82, 2.24) is 9.13 Å². The number of pyridine rings is 1. The second-order valence-corrected chi connectivity index (χ2v) is 7.43. The minimum Gasteiger partial charge on any atom is -0.481 e. The summed E-state index contributed by atoms with van der Waals surface area (Å²) < 4.78 is 51.7. The van der Waals surface area contributed by atoms with Crippen molar-refractivity contribution >= 4 is 16.9 Å². The molecule has 32 heavy (non-hydrogen) atoms. The molecule has 0 fully saturated rings. The summed E-state index contributed by atoms with van der Waals surface area (Å²) in [6.45, 7) is 4.02. The third-order valence-corrected chi connectivity index (χ3v) is 5.30. The lowest BCUT2D eigenvalue weighted by Crippen LogP contribution is -2.25. The Labute approximate surface area is 183 Å². The molecule has 0 aliphatic heterocycles. The van der Waals surface area contributed by atoms with Crippen LogP contribution in [0.1, 0.15) is 41.2 Å². The molecular formula is C23H25F3N2O4. The van der Waals surface area contributed by atoms with Gasteiger partial charge in [0.25, 0.3) is 5.56 Å². The fourth-order valence-corrected chi connectivity index (χ4v) is 3.70. The van der Waals surface area contributed by atoms with Gasteiger partial charge in [-0.1, -0.05) is 31.2 Å². The lowest BCUT2D eigenvalue weighted by Gasteiger charge is -2.15. The Morgan fingerprint density at radius 1 is 1.16 bits per heavy atom. The molecule has 0 saturated carbocycles. The van der Waals surface area contributed by atoms with Gasteiger partial charge in [0.05, 0.1) is 18.7 Å². The minimum absolute atomic E-state index is 0.0246. The fraction of sp³-hybridized carbons (Fsp3) is 0.391. The van der Waals surface area contributed by atoms with Crippen LogP contribution in [0.25, 0.3) is 10.9 Å². The number of hydrogen-bond donors (Lipinski definition) is 0. The van der Waals surface area contributed by atoms with Crippen LogP contribution in [0.2, 0.25) is 0 Å². The highest BCUT2D eigenvalue weighted by molar-refractivity contribution is 6.01. The Bertz CT molecular complexity index is 1210. The van der Waals surface area contributed by atoms with Gasteiger partial charge in [0, 0.05) is 12.7 Å². The number of nitrogens with zero attached hydrogens (tertiary/aromatic N) is 2. The molecule has 3 aromatic rings. The molecule has 6 nitrogen and oxygen atoms in total. The number of rotatable bonds is 7. The van der Waals surface area contributed by atoms with E-state index in [1.165, 1.54) is 16.2 Å². The molecule has 0 atom stereocenters. The molecule has 0 N–H and O–H groups in total. The average Bonchev–Trinajstić information content (AvgIpc) is 3.01. The van der Waals surface area contributed by atoms with Crippen molar-refractivity contribution < 1.29 is 27.4 Å². The van der Waals surface area contributed by atoms with Crippen LogP contribution in [0.4, 0.5) is 13.2 Å². The number of esters is 1. The van der Waals surface area contributed by atoms with E-state index in [0.717, 1.165) is 11.1 Å². The summed E-state index contributed by atoms with van der Waals surface area (Å²) >= 11 is 0. The van der Waals surface area contributed by atoms with Crippen molar-refractivity contribution in [2.75, 3.05) is 13.2 Å². The van der Waals surface area contributed by atoms with Crippen LogP contribution in [0, 0.1) is 6.92 Å². The first kappa shape index (κ1) is 23.4. The molecule has 0 saturated heterocycles. The largest absolute Gasteiger partial charge is 0.481 e. The van der Waals surface area contributed by atoms with Crippen LogP contribution in [0.5, 0.6) is 5.75 Å². The Morgan fingerprint density at radius 3 is 2.44 bits per heavy atom. The molecule has 0 bridgehead atoms. The smallest absolute Gasteiger partial charge is 0.422 e. The van der Waals surface area contributed by atoms with Crippen molar-refractivity contribution in [2.45, 2.75) is 39.9 Å². The number of fused-ring (bicyclic) bond motifs is 1. The first-order valence-electron chi connectivity index (χ1n) is 10.2. The van der Waals surface area contributed by atoms with Crippen molar-refractivity contribution in [1.29, 1.82) is 0 Å². The van der Waals surface area contributed by atoms with Gasteiger partial charge in [-0.3, -0.25) is 4.79 Å². The highest BCUT2D eigenvalue weighted by atomic mass is 19.4. The van der Waals surface area contributed by atoms with Crippen LogP contribution in [0.3, 0.4) is 0 Å². The fourth-order valence-electron chi connectivity index (χ4n) is 3.70. The van der Waals surface area contributed by atoms with Gasteiger partial charge in [-0.25, -0.2) is 4.79 Å². The minimum atomic E-state index is -4.64. The van der Waals surface area contributed by atoms with E-state index in [4.69, 9.17) is 9.47 Å². The SMILES string of the molecule is CCOC(=O)c1c(OCC(F)(F)F)c2c(=O)n(Cc3ccccc3C)c(CC)cc2n1C. The molecule has 1 aromatic carbocycles. The summed E-state index contributed by atoms with van der Waals surface area (Å²) in [4.78, 5) is 26.1. The molecule has 172 valence electrons. The van der Waals surface area contributed by atoms with E-state index in [1.807, 2.05) is 38.1 Å². The summed E-state index contributed by atoms with van der Waals surface area (Å²) in [7, 11) is 1.50. The van der Waals surface area contributed by atoms with Crippen molar-refractivity contribution in [3.63, 3.8) is 0 Å². The molecule has 0 aliphatic rings. The second-order valence-electron chi connectivity index (χ2n) is 7.43. The van der Waals surface area contributed by atoms with E-state index in [-0.39, 0.29) is 24.2 Å². The predicted octanol–water partition coefficient (Wildman–Crippen LogP) is 4.38. The number of carbonyl (C=O) groups excluding carboxylic acids is 1. The van der Waals surface area contributed by atoms with Gasteiger partial charge in [0.2, 0.25) is 0 Å². The highest BCUT2D eigenvalue weighted by Crippen LogP contribution is 2.33. The number of aryl methyl sites for hydroxylation is 3. The van der Waals surface area contributed by atoms with Crippen molar-refractivity contribution in [3.05, 3.63) is 63.2 Å². The van der Waals surface area contributed by atoms with Crippen molar-refractivity contribution in [3.8, 4) is 5.75 Å². The quantitative estimate of drug-likeness (QED) is 0.502. The molecule has 9 heteroatoms. The first-order valence-corrected chi connectivity index (χ1v) is 10.2. The normalized spacial score (nSPS) is 11.7. The van der Waals surface area contributed by atoms with E-state index in [0.29, 0.717) is 17.6 Å². The maximum Gasteiger partial charge on any atom is 0.422 e. The first-order chi connectivity index (χ1) is 15.1. The molecule has 2 heterocycles. The van der Waals surface area contributed by atoms with Gasteiger partial charge in [0.1, 0.15) is 5.39 Å². The lowest BCUT2D eigenvalue weighted by molar-refractivity contribution is -0.153. The van der Waals surface area contributed by atoms with Gasteiger partial charge in [-0.15, -0.1) is 0 Å². The zero-order valence-corrected chi connectivity index (χ0v) is 18.4. The molecule has 0 aliphatic carbocycles. The monoisotopic (exact) mass is 450 g/mol. The van der Waals surface area contributed by atoms with E-state index in [2.05, 4.69) is 0 Å². The number of hydrogen-bond acceptors (Lipinski definition) is 4. The summed E-state index contributed by atoms with van der Waals surface area (Å²) in [5.41, 5.74) is 2.14.